The summed E-state index contributed by atoms with van der Waals surface area (Å²) in [7, 11) is 1.70. The molecule has 3 aromatic rings. The average Bonchev–Trinajstić information content (AvgIpc) is 2.86. The number of carbonyl (C=O) groups is 1. The molecule has 1 fully saturated rings. The molecule has 0 aromatic heterocycles. The Kier molecular flexibility index (Phi) is 7.07. The molecule has 3 aromatic carbocycles. The number of amides is 1. The van der Waals surface area contributed by atoms with Crippen LogP contribution in [0.2, 0.25) is 0 Å². The van der Waals surface area contributed by atoms with E-state index in [0.29, 0.717) is 6.54 Å². The molecule has 2 N–H and O–H groups in total. The van der Waals surface area contributed by atoms with Gasteiger partial charge in [0, 0.05) is 37.3 Å². The maximum atomic E-state index is 13.0. The highest BCUT2D eigenvalue weighted by Gasteiger charge is 2.25. The summed E-state index contributed by atoms with van der Waals surface area (Å²) in [5, 5.41) is 2.16. The van der Waals surface area contributed by atoms with Crippen LogP contribution in [-0.4, -0.2) is 50.6 Å². The van der Waals surface area contributed by atoms with E-state index in [0.717, 1.165) is 37.6 Å². The Morgan fingerprint density at radius 2 is 1.50 bits per heavy atom. The van der Waals surface area contributed by atoms with Crippen LogP contribution in [-0.2, 0) is 4.79 Å². The second-order valence-corrected chi connectivity index (χ2v) is 8.28. The summed E-state index contributed by atoms with van der Waals surface area (Å²) in [5.74, 6) is 1.07. The molecule has 0 bridgehead atoms. The summed E-state index contributed by atoms with van der Waals surface area (Å²) in [5.41, 5.74) is 4.77. The van der Waals surface area contributed by atoms with E-state index in [4.69, 9.17) is 4.74 Å². The third-order valence-electron chi connectivity index (χ3n) is 6.18. The van der Waals surface area contributed by atoms with E-state index in [9.17, 15) is 4.79 Å². The van der Waals surface area contributed by atoms with E-state index >= 15 is 0 Å². The molecule has 0 radical (unpaired) electrons. The molecular formula is C27H32N3O2+. The largest absolute Gasteiger partial charge is 0.495 e. The van der Waals surface area contributed by atoms with Gasteiger partial charge in [0.05, 0.1) is 12.8 Å². The zero-order chi connectivity index (χ0) is 22.3. The van der Waals surface area contributed by atoms with Crippen molar-refractivity contribution in [3.63, 3.8) is 0 Å². The molecule has 166 valence electrons. The normalized spacial score (nSPS) is 14.8. The number of para-hydroxylation sites is 2. The number of rotatable bonds is 7. The van der Waals surface area contributed by atoms with Crippen molar-refractivity contribution < 1.29 is 14.8 Å². The van der Waals surface area contributed by atoms with Gasteiger partial charge in [-0.15, -0.1) is 0 Å². The van der Waals surface area contributed by atoms with E-state index in [2.05, 4.69) is 71.7 Å². The second kappa shape index (κ2) is 10.3. The molecule has 5 heteroatoms. The zero-order valence-electron chi connectivity index (χ0n) is 18.9. The van der Waals surface area contributed by atoms with Crippen LogP contribution in [0.1, 0.15) is 22.7 Å². The Morgan fingerprint density at radius 3 is 2.19 bits per heavy atom. The van der Waals surface area contributed by atoms with Crippen molar-refractivity contribution in [2.45, 2.75) is 13.0 Å². The van der Waals surface area contributed by atoms with Gasteiger partial charge in [-0.3, -0.25) is 4.79 Å². The standard InChI is InChI=1S/C27H31N3O2/c1-21-12-14-23(15-13-21)27(22-8-4-3-5-9-22)28-20-26(31)30-18-16-29(17-19-30)24-10-6-7-11-25(24)32-2/h3-15,27-28H,16-20H2,1-2H3/p+1/t27-/m0/s1. The first-order valence-electron chi connectivity index (χ1n) is 11.3. The highest BCUT2D eigenvalue weighted by Crippen LogP contribution is 2.28. The summed E-state index contributed by atoms with van der Waals surface area (Å²) in [4.78, 5) is 17.3. The minimum Gasteiger partial charge on any atom is -0.495 e. The monoisotopic (exact) mass is 430 g/mol. The predicted octanol–water partition coefficient (Wildman–Crippen LogP) is 3.01. The van der Waals surface area contributed by atoms with Crippen LogP contribution in [0.25, 0.3) is 0 Å². The van der Waals surface area contributed by atoms with Crippen LogP contribution in [0, 0.1) is 6.92 Å². The summed E-state index contributed by atoms with van der Waals surface area (Å²) in [6.07, 6.45) is 0. The molecule has 5 nitrogen and oxygen atoms in total. The van der Waals surface area contributed by atoms with Crippen LogP contribution in [0.5, 0.6) is 5.75 Å². The number of piperazine rings is 1. The summed E-state index contributed by atoms with van der Waals surface area (Å²) < 4.78 is 5.50. The molecular weight excluding hydrogens is 398 g/mol. The van der Waals surface area contributed by atoms with E-state index in [-0.39, 0.29) is 11.9 Å². The second-order valence-electron chi connectivity index (χ2n) is 8.28. The van der Waals surface area contributed by atoms with Crippen LogP contribution >= 0.6 is 0 Å². The first-order chi connectivity index (χ1) is 15.7. The lowest BCUT2D eigenvalue weighted by molar-refractivity contribution is -0.677. The number of nitrogens with zero attached hydrogens (tertiary/aromatic N) is 2. The van der Waals surface area contributed by atoms with Crippen molar-refractivity contribution in [1.29, 1.82) is 0 Å². The van der Waals surface area contributed by atoms with Crippen LogP contribution < -0.4 is 15.0 Å². The smallest absolute Gasteiger partial charge is 0.277 e. The van der Waals surface area contributed by atoms with Gasteiger partial charge >= 0.3 is 0 Å². The van der Waals surface area contributed by atoms with Gasteiger partial charge in [-0.2, -0.15) is 0 Å². The van der Waals surface area contributed by atoms with Gasteiger partial charge in [0.15, 0.2) is 6.54 Å². The van der Waals surface area contributed by atoms with E-state index in [1.807, 2.05) is 29.2 Å². The fraction of sp³-hybridized carbons (Fsp3) is 0.296. The molecule has 0 saturated carbocycles. The van der Waals surface area contributed by atoms with Crippen LogP contribution in [0.15, 0.2) is 78.9 Å². The molecule has 1 aliphatic heterocycles. The number of ether oxygens (including phenoxy) is 1. The average molecular weight is 431 g/mol. The molecule has 0 unspecified atom stereocenters. The van der Waals surface area contributed by atoms with Gasteiger partial charge in [0.1, 0.15) is 11.8 Å². The predicted molar refractivity (Wildman–Crippen MR) is 128 cm³/mol. The quantitative estimate of drug-likeness (QED) is 0.627. The number of anilines is 1. The Bertz CT molecular complexity index is 1010. The number of hydrogen-bond acceptors (Lipinski definition) is 3. The van der Waals surface area contributed by atoms with Crippen molar-refractivity contribution >= 4 is 11.6 Å². The Morgan fingerprint density at radius 1 is 0.875 bits per heavy atom. The molecule has 0 aliphatic carbocycles. The zero-order valence-corrected chi connectivity index (χ0v) is 18.9. The van der Waals surface area contributed by atoms with Crippen LogP contribution in [0.3, 0.4) is 0 Å². The lowest BCUT2D eigenvalue weighted by Gasteiger charge is -2.36. The molecule has 1 amide bonds. The van der Waals surface area contributed by atoms with Gasteiger partial charge < -0.3 is 19.9 Å². The number of benzene rings is 3. The van der Waals surface area contributed by atoms with Gasteiger partial charge in [-0.05, 0) is 19.1 Å². The van der Waals surface area contributed by atoms with E-state index in [1.54, 1.807) is 7.11 Å². The summed E-state index contributed by atoms with van der Waals surface area (Å²) >= 11 is 0. The van der Waals surface area contributed by atoms with Crippen molar-refractivity contribution in [3.8, 4) is 5.75 Å². The molecule has 32 heavy (non-hydrogen) atoms. The minimum atomic E-state index is 0.107. The first-order valence-corrected chi connectivity index (χ1v) is 11.3. The maximum Gasteiger partial charge on any atom is 0.277 e. The topological polar surface area (TPSA) is 49.4 Å². The third-order valence-corrected chi connectivity index (χ3v) is 6.18. The fourth-order valence-corrected chi connectivity index (χ4v) is 4.33. The Hall–Kier alpha value is -3.31. The van der Waals surface area contributed by atoms with Crippen molar-refractivity contribution in [3.05, 3.63) is 95.6 Å². The van der Waals surface area contributed by atoms with Crippen molar-refractivity contribution in [2.75, 3.05) is 44.7 Å². The number of methoxy groups -OCH3 is 1. The summed E-state index contributed by atoms with van der Waals surface area (Å²) in [6.45, 7) is 5.61. The van der Waals surface area contributed by atoms with E-state index < -0.39 is 0 Å². The highest BCUT2D eigenvalue weighted by atomic mass is 16.5. The number of nitrogens with two attached hydrogens (primary N) is 1. The van der Waals surface area contributed by atoms with E-state index in [1.165, 1.54) is 16.7 Å². The Balaban J connectivity index is 1.38. The maximum absolute atomic E-state index is 13.0. The lowest BCUT2D eigenvalue weighted by Crippen LogP contribution is -2.88. The van der Waals surface area contributed by atoms with Gasteiger partial charge in [-0.1, -0.05) is 72.3 Å². The minimum absolute atomic E-state index is 0.107. The molecule has 4 rings (SSSR count). The number of aryl methyl sites for hydroxylation is 1. The van der Waals surface area contributed by atoms with Gasteiger partial charge in [0.2, 0.25) is 0 Å². The summed E-state index contributed by atoms with van der Waals surface area (Å²) in [6, 6.07) is 27.2. The molecule has 1 saturated heterocycles. The van der Waals surface area contributed by atoms with Crippen LogP contribution in [0.4, 0.5) is 5.69 Å². The first kappa shape index (κ1) is 21.9. The Labute approximate surface area is 190 Å². The fourth-order valence-electron chi connectivity index (χ4n) is 4.33. The number of quaternary nitrogens is 1. The molecule has 1 heterocycles. The van der Waals surface area contributed by atoms with Gasteiger partial charge in [-0.25, -0.2) is 0 Å². The highest BCUT2D eigenvalue weighted by molar-refractivity contribution is 5.77. The number of carbonyl (C=O) groups excluding carboxylic acids is 1. The van der Waals surface area contributed by atoms with Crippen molar-refractivity contribution in [2.24, 2.45) is 0 Å². The number of hydrogen-bond donors (Lipinski definition) is 1. The SMILES string of the molecule is COc1ccccc1N1CCN(C(=O)C[NH2+][C@@H](c2ccccc2)c2ccc(C)cc2)CC1. The van der Waals surface area contributed by atoms with Gasteiger partial charge in [0.25, 0.3) is 5.91 Å². The third kappa shape index (κ3) is 5.11. The molecule has 1 atom stereocenters. The molecule has 1 aliphatic rings. The van der Waals surface area contributed by atoms with Crippen molar-refractivity contribution in [1.82, 2.24) is 4.90 Å². The lowest BCUT2D eigenvalue weighted by atomic mass is 9.98. The molecule has 0 spiro atoms.